The van der Waals surface area contributed by atoms with Crippen LogP contribution in [0.15, 0.2) is 0 Å². The standard InChI is InChI=1S/C4H11N3O/c1-3-7(8)4-6(2)5/h5H,3-4H2,1-2H3/q-2. The normalized spacial score (nSPS) is 11.2. The summed E-state index contributed by atoms with van der Waals surface area (Å²) in [6.07, 6.45) is 0. The lowest BCUT2D eigenvalue weighted by molar-refractivity contribution is 0.265. The van der Waals surface area contributed by atoms with Gasteiger partial charge in [0.15, 0.2) is 0 Å². The Hall–Kier alpha value is -0.160. The fourth-order valence-corrected chi connectivity index (χ4v) is 0.337. The van der Waals surface area contributed by atoms with Crippen molar-refractivity contribution in [2.45, 2.75) is 6.92 Å². The van der Waals surface area contributed by atoms with Crippen LogP contribution in [0.5, 0.6) is 0 Å². The molecule has 0 aromatic heterocycles. The fraction of sp³-hybridized carbons (Fsp3) is 1.00. The number of hydrogen-bond donors (Lipinski definition) is 0. The molecule has 0 aromatic rings. The van der Waals surface area contributed by atoms with Gasteiger partial charge in [-0.3, -0.25) is 0 Å². The predicted octanol–water partition coefficient (Wildman–Crippen LogP) is 0.663. The minimum atomic E-state index is 0.163. The monoisotopic (exact) mass is 117 g/mol. The Balaban J connectivity index is 3.10. The fourth-order valence-electron chi connectivity index (χ4n) is 0.337. The summed E-state index contributed by atoms with van der Waals surface area (Å²) in [4.78, 5) is 0. The molecule has 0 aliphatic carbocycles. The molecule has 1 N–H and O–H groups in total. The first kappa shape index (κ1) is 7.84. The number of nitrogens with one attached hydrogen (secondary N) is 1. The topological polar surface area (TPSA) is 53.3 Å². The van der Waals surface area contributed by atoms with Gasteiger partial charge in [-0.25, -0.2) is 0 Å². The second-order valence-electron chi connectivity index (χ2n) is 1.64. The van der Waals surface area contributed by atoms with Crippen molar-refractivity contribution in [3.05, 3.63) is 11.0 Å². The van der Waals surface area contributed by atoms with Crippen molar-refractivity contribution in [3.8, 4) is 0 Å². The van der Waals surface area contributed by atoms with E-state index >= 15 is 0 Å². The second-order valence-corrected chi connectivity index (χ2v) is 1.64. The maximum Gasteiger partial charge on any atom is 0.0217 e. The van der Waals surface area contributed by atoms with Gasteiger partial charge in [0.25, 0.3) is 0 Å². The molecular formula is C4H11N3O-2. The van der Waals surface area contributed by atoms with E-state index < -0.39 is 0 Å². The van der Waals surface area contributed by atoms with Gasteiger partial charge in [0.1, 0.15) is 0 Å². The Morgan fingerprint density at radius 1 is 1.62 bits per heavy atom. The Labute approximate surface area is 49.4 Å². The quantitative estimate of drug-likeness (QED) is 0.403. The van der Waals surface area contributed by atoms with E-state index in [4.69, 9.17) is 5.84 Å². The molecule has 4 nitrogen and oxygen atoms in total. The van der Waals surface area contributed by atoms with E-state index in [-0.39, 0.29) is 6.67 Å². The summed E-state index contributed by atoms with van der Waals surface area (Å²) < 4.78 is 0. The smallest absolute Gasteiger partial charge is 0.0217 e. The molecule has 0 rings (SSSR count). The number of hydrogen-bond acceptors (Lipinski definition) is 3. The lowest BCUT2D eigenvalue weighted by Crippen LogP contribution is -2.26. The average molecular weight is 117 g/mol. The van der Waals surface area contributed by atoms with Crippen LogP contribution in [-0.4, -0.2) is 30.3 Å². The maximum atomic E-state index is 10.4. The third kappa shape index (κ3) is 4.01. The van der Waals surface area contributed by atoms with Gasteiger partial charge in [-0.1, -0.05) is 6.92 Å². The second kappa shape index (κ2) is 3.80. The van der Waals surface area contributed by atoms with E-state index in [0.29, 0.717) is 6.54 Å². The predicted molar refractivity (Wildman–Crippen MR) is 32.7 cm³/mol. The van der Waals surface area contributed by atoms with Crippen molar-refractivity contribution in [1.29, 1.82) is 0 Å². The highest BCUT2D eigenvalue weighted by atomic mass is 16.5. The van der Waals surface area contributed by atoms with Gasteiger partial charge < -0.3 is 21.1 Å². The Bertz CT molecular complexity index is 57.2. The van der Waals surface area contributed by atoms with Crippen molar-refractivity contribution in [1.82, 2.24) is 10.1 Å². The molecular weight excluding hydrogens is 106 g/mol. The summed E-state index contributed by atoms with van der Waals surface area (Å²) in [5.41, 5.74) is 0. The summed E-state index contributed by atoms with van der Waals surface area (Å²) in [5.74, 6) is 6.80. The van der Waals surface area contributed by atoms with Crippen molar-refractivity contribution in [2.75, 3.05) is 20.3 Å². The Morgan fingerprint density at radius 3 is 2.25 bits per heavy atom. The van der Waals surface area contributed by atoms with E-state index in [9.17, 15) is 5.21 Å². The van der Waals surface area contributed by atoms with Gasteiger partial charge in [0.05, 0.1) is 0 Å². The summed E-state index contributed by atoms with van der Waals surface area (Å²) in [6, 6.07) is 0. The number of nitrogens with zero attached hydrogens (tertiary/aromatic N) is 2. The summed E-state index contributed by atoms with van der Waals surface area (Å²) in [7, 11) is 1.54. The first-order valence-corrected chi connectivity index (χ1v) is 2.51. The first-order chi connectivity index (χ1) is 3.66. The van der Waals surface area contributed by atoms with Gasteiger partial charge >= 0.3 is 0 Å². The van der Waals surface area contributed by atoms with Crippen molar-refractivity contribution >= 4 is 0 Å². The molecule has 0 saturated heterocycles. The van der Waals surface area contributed by atoms with Crippen molar-refractivity contribution < 1.29 is 0 Å². The van der Waals surface area contributed by atoms with Crippen LogP contribution in [0.2, 0.25) is 0 Å². The third-order valence-corrected chi connectivity index (χ3v) is 0.723. The first-order valence-electron chi connectivity index (χ1n) is 2.51. The van der Waals surface area contributed by atoms with E-state index in [1.165, 1.54) is 0 Å². The number of rotatable bonds is 3. The van der Waals surface area contributed by atoms with Gasteiger partial charge in [-0.2, -0.15) is 0 Å². The van der Waals surface area contributed by atoms with Crippen LogP contribution in [0.1, 0.15) is 6.92 Å². The molecule has 4 heteroatoms. The molecule has 0 amide bonds. The summed E-state index contributed by atoms with van der Waals surface area (Å²) in [6.45, 7) is 2.37. The molecule has 0 atom stereocenters. The zero-order valence-corrected chi connectivity index (χ0v) is 5.22. The number of hydroxylamine groups is 2. The lowest BCUT2D eigenvalue weighted by atomic mass is 10.7. The van der Waals surface area contributed by atoms with E-state index in [1.807, 2.05) is 0 Å². The van der Waals surface area contributed by atoms with E-state index in [1.54, 1.807) is 14.0 Å². The summed E-state index contributed by atoms with van der Waals surface area (Å²) in [5, 5.41) is 12.3. The molecule has 0 heterocycles. The molecule has 0 radical (unpaired) electrons. The van der Waals surface area contributed by atoms with Crippen LogP contribution >= 0.6 is 0 Å². The van der Waals surface area contributed by atoms with E-state index in [2.05, 4.69) is 0 Å². The van der Waals surface area contributed by atoms with E-state index in [0.717, 1.165) is 10.1 Å². The third-order valence-electron chi connectivity index (χ3n) is 0.723. The Kier molecular flexibility index (Phi) is 3.72. The minimum absolute atomic E-state index is 0.163. The molecule has 0 unspecified atom stereocenters. The van der Waals surface area contributed by atoms with Crippen LogP contribution in [0.3, 0.4) is 0 Å². The SMILES string of the molecule is CCN([O-])CN(C)[NH-]. The molecule has 0 bridgehead atoms. The highest BCUT2D eigenvalue weighted by molar-refractivity contribution is 4.53. The van der Waals surface area contributed by atoms with Crippen LogP contribution in [0.4, 0.5) is 0 Å². The molecule has 50 valence electrons. The van der Waals surface area contributed by atoms with Crippen LogP contribution in [0.25, 0.3) is 5.84 Å². The summed E-state index contributed by atoms with van der Waals surface area (Å²) >= 11 is 0. The average Bonchev–Trinajstić information content (AvgIpc) is 1.65. The van der Waals surface area contributed by atoms with Gasteiger partial charge in [0, 0.05) is 6.67 Å². The van der Waals surface area contributed by atoms with Gasteiger partial charge in [0.2, 0.25) is 0 Å². The van der Waals surface area contributed by atoms with Crippen LogP contribution < -0.4 is 0 Å². The van der Waals surface area contributed by atoms with Crippen LogP contribution in [0, 0.1) is 5.21 Å². The molecule has 0 saturated carbocycles. The lowest BCUT2D eigenvalue weighted by Gasteiger charge is -2.33. The molecule has 0 aliphatic heterocycles. The maximum absolute atomic E-state index is 10.4. The molecule has 0 aliphatic rings. The highest BCUT2D eigenvalue weighted by Gasteiger charge is 1.81. The molecule has 0 spiro atoms. The molecule has 0 fully saturated rings. The van der Waals surface area contributed by atoms with Crippen molar-refractivity contribution in [2.24, 2.45) is 0 Å². The largest absolute Gasteiger partial charge is 0.784 e. The molecule has 8 heavy (non-hydrogen) atoms. The minimum Gasteiger partial charge on any atom is -0.784 e. The zero-order chi connectivity index (χ0) is 6.57. The van der Waals surface area contributed by atoms with Gasteiger partial charge in [-0.05, 0) is 13.6 Å². The Morgan fingerprint density at radius 2 is 2.12 bits per heavy atom. The van der Waals surface area contributed by atoms with Gasteiger partial charge in [-0.15, -0.1) is 0 Å². The highest BCUT2D eigenvalue weighted by Crippen LogP contribution is 1.85. The van der Waals surface area contributed by atoms with Crippen LogP contribution in [-0.2, 0) is 0 Å². The zero-order valence-electron chi connectivity index (χ0n) is 5.22. The van der Waals surface area contributed by atoms with Crippen molar-refractivity contribution in [3.63, 3.8) is 0 Å². The molecule has 0 aromatic carbocycles.